The Morgan fingerprint density at radius 2 is 1.55 bits per heavy atom. The molecule has 0 unspecified atom stereocenters. The van der Waals surface area contributed by atoms with Crippen molar-refractivity contribution >= 4 is 18.2 Å². The summed E-state index contributed by atoms with van der Waals surface area (Å²) in [5, 5.41) is 0. The van der Waals surface area contributed by atoms with Gasteiger partial charge in [-0.25, -0.2) is 14.6 Å². The van der Waals surface area contributed by atoms with Gasteiger partial charge in [-0.05, 0) is 18.1 Å². The van der Waals surface area contributed by atoms with Crippen molar-refractivity contribution in [1.82, 2.24) is 0 Å². The Kier molecular flexibility index (Phi) is 6.55. The summed E-state index contributed by atoms with van der Waals surface area (Å²) in [4.78, 5) is 27.4. The van der Waals surface area contributed by atoms with Crippen LogP contribution < -0.4 is 0 Å². The van der Waals surface area contributed by atoms with Crippen LogP contribution in [0.2, 0.25) is 0 Å². The number of ether oxygens (including phenoxy) is 7. The van der Waals surface area contributed by atoms with Crippen LogP contribution in [0.25, 0.3) is 0 Å². The predicted octanol–water partition coefficient (Wildman–Crippen LogP) is 2.75. The maximum absolute atomic E-state index is 11.4. The van der Waals surface area contributed by atoms with E-state index in [4.69, 9.17) is 23.7 Å². The van der Waals surface area contributed by atoms with E-state index in [2.05, 4.69) is 28.3 Å². The number of aliphatic imine (C=N–C) groups is 1. The van der Waals surface area contributed by atoms with Crippen LogP contribution in [0.4, 0.5) is 9.59 Å². The molecule has 10 nitrogen and oxygen atoms in total. The molecule has 0 aromatic heterocycles. The molecular formula is C19H23NO9. The quantitative estimate of drug-likeness (QED) is 0.678. The number of methoxy groups -OCH3 is 2. The second kappa shape index (κ2) is 9.10. The van der Waals surface area contributed by atoms with E-state index in [1.165, 1.54) is 0 Å². The van der Waals surface area contributed by atoms with Crippen molar-refractivity contribution in [1.29, 1.82) is 0 Å². The zero-order valence-electron chi connectivity index (χ0n) is 16.5. The Balaban J connectivity index is 1.70. The summed E-state index contributed by atoms with van der Waals surface area (Å²) in [6.45, 7) is 4.75. The minimum absolute atomic E-state index is 0.138. The van der Waals surface area contributed by atoms with Gasteiger partial charge in [-0.1, -0.05) is 26.0 Å². The molecule has 1 fully saturated rings. The van der Waals surface area contributed by atoms with Gasteiger partial charge in [-0.15, -0.1) is 0 Å². The van der Waals surface area contributed by atoms with Gasteiger partial charge in [0.1, 0.15) is 6.61 Å². The molecule has 0 amide bonds. The number of carbonyl (C=O) groups excluding carboxylic acids is 2. The molecular weight excluding hydrogens is 386 g/mol. The van der Waals surface area contributed by atoms with Gasteiger partial charge in [0.15, 0.2) is 6.29 Å². The average Bonchev–Trinajstić information content (AvgIpc) is 3.36. The largest absolute Gasteiger partial charge is 0.510 e. The topological polar surface area (TPSA) is 111 Å². The fourth-order valence-corrected chi connectivity index (χ4v) is 2.69. The van der Waals surface area contributed by atoms with Crippen LogP contribution in [-0.2, 0) is 33.2 Å². The van der Waals surface area contributed by atoms with E-state index < -0.39 is 31.2 Å². The third-order valence-electron chi connectivity index (χ3n) is 4.37. The third-order valence-corrected chi connectivity index (χ3v) is 4.37. The van der Waals surface area contributed by atoms with Gasteiger partial charge in [0.2, 0.25) is 5.90 Å². The van der Waals surface area contributed by atoms with Gasteiger partial charge in [0.05, 0.1) is 20.3 Å². The van der Waals surface area contributed by atoms with Crippen molar-refractivity contribution in [2.24, 2.45) is 10.9 Å². The summed E-state index contributed by atoms with van der Waals surface area (Å²) in [6.07, 6.45) is -5.60. The lowest BCUT2D eigenvalue weighted by Gasteiger charge is -2.15. The summed E-state index contributed by atoms with van der Waals surface area (Å²) in [6, 6.07) is 7.27. The molecule has 2 aliphatic rings. The highest BCUT2D eigenvalue weighted by Gasteiger charge is 2.43. The van der Waals surface area contributed by atoms with Gasteiger partial charge < -0.3 is 33.2 Å². The predicted molar refractivity (Wildman–Crippen MR) is 97.0 cm³/mol. The van der Waals surface area contributed by atoms with Crippen molar-refractivity contribution in [2.75, 3.05) is 20.8 Å². The van der Waals surface area contributed by atoms with Gasteiger partial charge in [-0.3, -0.25) is 0 Å². The Hall–Kier alpha value is -2.85. The first kappa shape index (κ1) is 20.9. The zero-order valence-corrected chi connectivity index (χ0v) is 16.5. The minimum atomic E-state index is -1.32. The molecule has 0 bridgehead atoms. The van der Waals surface area contributed by atoms with Crippen molar-refractivity contribution in [3.8, 4) is 0 Å². The lowest BCUT2D eigenvalue weighted by molar-refractivity contribution is -0.156. The Morgan fingerprint density at radius 3 is 2.00 bits per heavy atom. The van der Waals surface area contributed by atoms with Crippen LogP contribution in [0.5, 0.6) is 0 Å². The molecule has 158 valence electrons. The third kappa shape index (κ3) is 4.96. The summed E-state index contributed by atoms with van der Waals surface area (Å²) in [5.41, 5.74) is 1.43. The second-order valence-corrected chi connectivity index (χ2v) is 6.66. The lowest BCUT2D eigenvalue weighted by Crippen LogP contribution is -2.32. The summed E-state index contributed by atoms with van der Waals surface area (Å²) < 4.78 is 35.5. The Bertz CT molecular complexity index is 735. The monoisotopic (exact) mass is 409 g/mol. The first-order valence-electron chi connectivity index (χ1n) is 9.02. The molecule has 1 aromatic rings. The number of rotatable bonds is 5. The van der Waals surface area contributed by atoms with Crippen molar-refractivity contribution < 1.29 is 42.7 Å². The first-order valence-corrected chi connectivity index (χ1v) is 9.02. The molecule has 1 saturated heterocycles. The smallest absolute Gasteiger partial charge is 0.475 e. The molecule has 3 atom stereocenters. The first-order chi connectivity index (χ1) is 13.9. The molecule has 2 heterocycles. The van der Waals surface area contributed by atoms with E-state index in [1.54, 1.807) is 12.1 Å². The van der Waals surface area contributed by atoms with Crippen LogP contribution in [-0.4, -0.2) is 57.7 Å². The molecule has 0 aliphatic carbocycles. The highest BCUT2D eigenvalue weighted by molar-refractivity contribution is 5.95. The standard InChI is InChI=1S/C19H23NO9/c1-10(2)13-9-25-14(20-13)11-5-7-12(8-6-11)15-26-16(28-18(21)23-3)17(27-15)29-19(22)24-4/h5-8,10,13,15-17H,9H2,1-4H3/t13-,16-,17-/m1/s1. The van der Waals surface area contributed by atoms with E-state index in [9.17, 15) is 9.59 Å². The van der Waals surface area contributed by atoms with Gasteiger partial charge in [-0.2, -0.15) is 0 Å². The average molecular weight is 409 g/mol. The molecule has 29 heavy (non-hydrogen) atoms. The van der Waals surface area contributed by atoms with Gasteiger partial charge in [0.25, 0.3) is 12.6 Å². The molecule has 3 rings (SSSR count). The zero-order chi connectivity index (χ0) is 21.0. The van der Waals surface area contributed by atoms with Crippen LogP contribution >= 0.6 is 0 Å². The number of nitrogens with zero attached hydrogens (tertiary/aromatic N) is 1. The normalized spacial score (nSPS) is 24.0. The van der Waals surface area contributed by atoms with Crippen LogP contribution in [0, 0.1) is 5.92 Å². The van der Waals surface area contributed by atoms with Gasteiger partial charge >= 0.3 is 12.3 Å². The second-order valence-electron chi connectivity index (χ2n) is 6.66. The minimum Gasteiger partial charge on any atom is -0.475 e. The van der Waals surface area contributed by atoms with Crippen molar-refractivity contribution in [2.45, 2.75) is 38.8 Å². The van der Waals surface area contributed by atoms with Crippen LogP contribution in [0.1, 0.15) is 31.3 Å². The molecule has 0 N–H and O–H groups in total. The van der Waals surface area contributed by atoms with E-state index in [0.29, 0.717) is 24.0 Å². The van der Waals surface area contributed by atoms with E-state index >= 15 is 0 Å². The fourth-order valence-electron chi connectivity index (χ4n) is 2.69. The lowest BCUT2D eigenvalue weighted by atomic mass is 10.1. The summed E-state index contributed by atoms with van der Waals surface area (Å²) >= 11 is 0. The van der Waals surface area contributed by atoms with E-state index in [1.807, 2.05) is 12.1 Å². The highest BCUT2D eigenvalue weighted by Crippen LogP contribution is 2.33. The molecule has 0 radical (unpaired) electrons. The van der Waals surface area contributed by atoms with Crippen molar-refractivity contribution in [3.05, 3.63) is 35.4 Å². The SMILES string of the molecule is COC(=O)O[C@H]1OC(c2ccc(C3=N[C@@H](C(C)C)CO3)cc2)O[C@@H]1OC(=O)OC. The summed E-state index contributed by atoms with van der Waals surface area (Å²) in [5.74, 6) is 0.980. The molecule has 10 heteroatoms. The number of hydrogen-bond donors (Lipinski definition) is 0. The van der Waals surface area contributed by atoms with Crippen LogP contribution in [0.3, 0.4) is 0 Å². The Labute approximate surface area is 167 Å². The molecule has 2 aliphatic heterocycles. The summed E-state index contributed by atoms with van der Waals surface area (Å²) in [7, 11) is 2.28. The maximum atomic E-state index is 11.4. The fraction of sp³-hybridized carbons (Fsp3) is 0.526. The number of hydrogen-bond acceptors (Lipinski definition) is 10. The molecule has 0 saturated carbocycles. The number of benzene rings is 1. The van der Waals surface area contributed by atoms with E-state index in [-0.39, 0.29) is 6.04 Å². The van der Waals surface area contributed by atoms with E-state index in [0.717, 1.165) is 19.8 Å². The number of carbonyl (C=O) groups is 2. The van der Waals surface area contributed by atoms with Gasteiger partial charge in [0, 0.05) is 11.1 Å². The maximum Gasteiger partial charge on any atom is 0.510 e. The van der Waals surface area contributed by atoms with Crippen LogP contribution in [0.15, 0.2) is 29.3 Å². The Morgan fingerprint density at radius 1 is 1.00 bits per heavy atom. The molecule has 0 spiro atoms. The molecule has 1 aromatic carbocycles. The highest BCUT2D eigenvalue weighted by atomic mass is 16.9. The van der Waals surface area contributed by atoms with Crippen molar-refractivity contribution in [3.63, 3.8) is 0 Å².